The number of benzene rings is 1. The second-order valence-electron chi connectivity index (χ2n) is 6.05. The van der Waals surface area contributed by atoms with Gasteiger partial charge in [0.2, 0.25) is 0 Å². The Morgan fingerprint density at radius 2 is 1.75 bits per heavy atom. The van der Waals surface area contributed by atoms with Gasteiger partial charge in [-0.3, -0.25) is 0 Å². The summed E-state index contributed by atoms with van der Waals surface area (Å²) in [4.78, 5) is 0.525. The summed E-state index contributed by atoms with van der Waals surface area (Å²) in [5.41, 5.74) is -0.192. The van der Waals surface area contributed by atoms with Crippen molar-refractivity contribution in [2.24, 2.45) is 0 Å². The van der Waals surface area contributed by atoms with Gasteiger partial charge in [0.25, 0.3) is 10.0 Å². The number of ether oxygens (including phenoxy) is 1. The van der Waals surface area contributed by atoms with Gasteiger partial charge >= 0.3 is 6.36 Å². The summed E-state index contributed by atoms with van der Waals surface area (Å²) in [6.07, 6.45) is -4.78. The number of sulfonamides is 1. The zero-order chi connectivity index (χ0) is 18.2. The zero-order valence-electron chi connectivity index (χ0n) is 13.1. The number of thiophene rings is 1. The number of rotatable bonds is 4. The van der Waals surface area contributed by atoms with Crippen molar-refractivity contribution in [3.63, 3.8) is 0 Å². The van der Waals surface area contributed by atoms with Crippen LogP contribution >= 0.6 is 11.3 Å². The number of hydrogen-bond acceptors (Lipinski definition) is 4. The van der Waals surface area contributed by atoms with Crippen LogP contribution in [0.15, 0.2) is 40.6 Å². The molecule has 1 heterocycles. The standard InChI is InChI=1S/C15H16F3NO3S2/c1-14(2,3)19-24(20,21)13-8-7-12(23-13)10-5-4-6-11(9-10)22-15(16,17)18/h4-9,19H,1-3H3. The molecule has 0 unspecified atom stereocenters. The number of hydrogen-bond donors (Lipinski definition) is 1. The van der Waals surface area contributed by atoms with Gasteiger partial charge in [0.1, 0.15) is 9.96 Å². The van der Waals surface area contributed by atoms with E-state index in [9.17, 15) is 21.6 Å². The maximum absolute atomic E-state index is 12.3. The largest absolute Gasteiger partial charge is 0.573 e. The maximum Gasteiger partial charge on any atom is 0.573 e. The van der Waals surface area contributed by atoms with E-state index in [4.69, 9.17) is 0 Å². The Bertz CT molecular complexity index is 821. The molecule has 2 rings (SSSR count). The van der Waals surface area contributed by atoms with E-state index in [0.29, 0.717) is 10.4 Å². The molecular formula is C15H16F3NO3S2. The first-order valence-electron chi connectivity index (χ1n) is 6.86. The van der Waals surface area contributed by atoms with Gasteiger partial charge in [-0.15, -0.1) is 24.5 Å². The Kier molecular flexibility index (Phi) is 4.98. The van der Waals surface area contributed by atoms with Gasteiger partial charge in [0, 0.05) is 10.4 Å². The van der Waals surface area contributed by atoms with Gasteiger partial charge < -0.3 is 4.74 Å². The number of nitrogens with one attached hydrogen (secondary N) is 1. The highest BCUT2D eigenvalue weighted by molar-refractivity contribution is 7.91. The molecule has 0 aliphatic carbocycles. The number of alkyl halides is 3. The molecule has 1 aromatic carbocycles. The third-order valence-electron chi connectivity index (χ3n) is 2.64. The van der Waals surface area contributed by atoms with Crippen molar-refractivity contribution in [1.29, 1.82) is 0 Å². The van der Waals surface area contributed by atoms with E-state index < -0.39 is 21.9 Å². The van der Waals surface area contributed by atoms with Crippen molar-refractivity contribution in [3.05, 3.63) is 36.4 Å². The first-order valence-corrected chi connectivity index (χ1v) is 9.16. The topological polar surface area (TPSA) is 55.4 Å². The summed E-state index contributed by atoms with van der Waals surface area (Å²) in [5, 5.41) is 0. The van der Waals surface area contributed by atoms with E-state index in [1.54, 1.807) is 32.9 Å². The quantitative estimate of drug-likeness (QED) is 0.857. The SMILES string of the molecule is CC(C)(C)NS(=O)(=O)c1ccc(-c2cccc(OC(F)(F)F)c2)s1. The minimum Gasteiger partial charge on any atom is -0.406 e. The lowest BCUT2D eigenvalue weighted by Crippen LogP contribution is -2.40. The third-order valence-corrected chi connectivity index (χ3v) is 6.02. The maximum atomic E-state index is 12.3. The molecule has 0 bridgehead atoms. The van der Waals surface area contributed by atoms with Gasteiger partial charge in [0.15, 0.2) is 0 Å². The molecule has 0 aliphatic heterocycles. The van der Waals surface area contributed by atoms with Crippen LogP contribution in [0.4, 0.5) is 13.2 Å². The Hall–Kier alpha value is -1.58. The summed E-state index contributed by atoms with van der Waals surface area (Å²) in [7, 11) is -3.69. The normalized spacial score (nSPS) is 13.1. The summed E-state index contributed by atoms with van der Waals surface area (Å²) in [6, 6.07) is 8.37. The minimum absolute atomic E-state index is 0.0922. The lowest BCUT2D eigenvalue weighted by Gasteiger charge is -2.19. The molecule has 4 nitrogen and oxygen atoms in total. The zero-order valence-corrected chi connectivity index (χ0v) is 14.8. The van der Waals surface area contributed by atoms with Crippen LogP contribution in [0.5, 0.6) is 5.75 Å². The minimum atomic E-state index is -4.78. The highest BCUT2D eigenvalue weighted by Gasteiger charge is 2.31. The van der Waals surface area contributed by atoms with Crippen LogP contribution in [0.1, 0.15) is 20.8 Å². The molecule has 1 N–H and O–H groups in total. The molecule has 0 amide bonds. The summed E-state index contributed by atoms with van der Waals surface area (Å²) >= 11 is 0.973. The van der Waals surface area contributed by atoms with Crippen molar-refractivity contribution in [3.8, 4) is 16.2 Å². The number of halogens is 3. The Labute approximate surface area is 142 Å². The van der Waals surface area contributed by atoms with Crippen LogP contribution < -0.4 is 9.46 Å². The molecule has 0 spiro atoms. The smallest absolute Gasteiger partial charge is 0.406 e. The van der Waals surface area contributed by atoms with E-state index in [1.807, 2.05) is 0 Å². The van der Waals surface area contributed by atoms with Gasteiger partial charge in [-0.1, -0.05) is 12.1 Å². The van der Waals surface area contributed by atoms with Gasteiger partial charge in [-0.2, -0.15) is 0 Å². The second kappa shape index (κ2) is 6.38. The monoisotopic (exact) mass is 379 g/mol. The van der Waals surface area contributed by atoms with Crippen molar-refractivity contribution in [1.82, 2.24) is 4.72 Å². The fourth-order valence-electron chi connectivity index (χ4n) is 1.92. The molecule has 0 atom stereocenters. The molecule has 0 saturated heterocycles. The predicted molar refractivity (Wildman–Crippen MR) is 86.5 cm³/mol. The van der Waals surface area contributed by atoms with Crippen LogP contribution in [0.3, 0.4) is 0 Å². The molecule has 24 heavy (non-hydrogen) atoms. The van der Waals surface area contributed by atoms with Crippen LogP contribution in [-0.2, 0) is 10.0 Å². The van der Waals surface area contributed by atoms with Crippen LogP contribution in [0.2, 0.25) is 0 Å². The van der Waals surface area contributed by atoms with E-state index in [1.165, 1.54) is 24.3 Å². The average molecular weight is 379 g/mol. The fraction of sp³-hybridized carbons (Fsp3) is 0.333. The Morgan fingerprint density at radius 1 is 1.08 bits per heavy atom. The van der Waals surface area contributed by atoms with Crippen LogP contribution in [0.25, 0.3) is 10.4 Å². The van der Waals surface area contributed by atoms with Crippen LogP contribution in [0, 0.1) is 0 Å². The summed E-state index contributed by atoms with van der Waals surface area (Å²) in [6.45, 7) is 5.16. The lowest BCUT2D eigenvalue weighted by molar-refractivity contribution is -0.274. The first-order chi connectivity index (χ1) is 10.9. The van der Waals surface area contributed by atoms with E-state index in [2.05, 4.69) is 9.46 Å². The van der Waals surface area contributed by atoms with E-state index in [-0.39, 0.29) is 9.96 Å². The summed E-state index contributed by atoms with van der Waals surface area (Å²) in [5.74, 6) is -0.356. The molecule has 0 radical (unpaired) electrons. The molecule has 0 saturated carbocycles. The van der Waals surface area contributed by atoms with Gasteiger partial charge in [-0.05, 0) is 50.6 Å². The Morgan fingerprint density at radius 3 is 2.33 bits per heavy atom. The highest BCUT2D eigenvalue weighted by Crippen LogP contribution is 2.34. The molecular weight excluding hydrogens is 363 g/mol. The van der Waals surface area contributed by atoms with Crippen LogP contribution in [-0.4, -0.2) is 20.3 Å². The molecule has 1 aromatic heterocycles. The first kappa shape index (κ1) is 18.8. The van der Waals surface area contributed by atoms with Crippen molar-refractivity contribution < 1.29 is 26.3 Å². The molecule has 2 aromatic rings. The van der Waals surface area contributed by atoms with E-state index >= 15 is 0 Å². The average Bonchev–Trinajstić information content (AvgIpc) is 2.84. The van der Waals surface area contributed by atoms with Gasteiger partial charge in [0.05, 0.1) is 0 Å². The molecule has 9 heteroatoms. The van der Waals surface area contributed by atoms with Crippen molar-refractivity contribution in [2.45, 2.75) is 36.9 Å². The summed E-state index contributed by atoms with van der Waals surface area (Å²) < 4.78 is 67.9. The fourth-order valence-corrected chi connectivity index (χ4v) is 4.64. The highest BCUT2D eigenvalue weighted by atomic mass is 32.2. The van der Waals surface area contributed by atoms with Gasteiger partial charge in [-0.25, -0.2) is 13.1 Å². The van der Waals surface area contributed by atoms with E-state index in [0.717, 1.165) is 11.3 Å². The van der Waals surface area contributed by atoms with Crippen molar-refractivity contribution >= 4 is 21.4 Å². The molecule has 132 valence electrons. The molecule has 0 fully saturated rings. The molecule has 0 aliphatic rings. The second-order valence-corrected chi connectivity index (χ2v) is 9.04. The lowest BCUT2D eigenvalue weighted by atomic mass is 10.1. The third kappa shape index (κ3) is 5.22. The van der Waals surface area contributed by atoms with Crippen molar-refractivity contribution in [2.75, 3.05) is 0 Å². The predicted octanol–water partition coefficient (Wildman–Crippen LogP) is 4.39. The Balaban J connectivity index is 2.30.